The van der Waals surface area contributed by atoms with Crippen molar-refractivity contribution >= 4 is 43.5 Å². The Balaban J connectivity index is 1.78. The molecule has 8 nitrogen and oxygen atoms in total. The van der Waals surface area contributed by atoms with E-state index in [1.807, 2.05) is 61.5 Å². The van der Waals surface area contributed by atoms with E-state index in [1.54, 1.807) is 6.92 Å². The van der Waals surface area contributed by atoms with Crippen molar-refractivity contribution in [1.82, 2.24) is 10.2 Å². The molecule has 0 fully saturated rings. The molecule has 1 atom stereocenters. The van der Waals surface area contributed by atoms with Gasteiger partial charge in [0.25, 0.3) is 10.0 Å². The first-order valence-corrected chi connectivity index (χ1v) is 16.7. The zero-order valence-electron chi connectivity index (χ0n) is 25.0. The van der Waals surface area contributed by atoms with Crippen LogP contribution in [0.5, 0.6) is 5.75 Å². The van der Waals surface area contributed by atoms with E-state index in [0.29, 0.717) is 18.9 Å². The maximum Gasteiger partial charge on any atom is 0.264 e. The highest BCUT2D eigenvalue weighted by Crippen LogP contribution is 2.27. The molecule has 0 aliphatic heterocycles. The topological polar surface area (TPSA) is 96.0 Å². The lowest BCUT2D eigenvalue weighted by Crippen LogP contribution is -2.53. The van der Waals surface area contributed by atoms with Crippen LogP contribution in [0.3, 0.4) is 0 Å². The average molecular weight is 697 g/mol. The van der Waals surface area contributed by atoms with Crippen molar-refractivity contribution in [2.24, 2.45) is 0 Å². The SMILES string of the molecule is CCNC(=O)[C@H](Cc1ccccc1)N(Cc1cccc(Br)c1)C(=O)CN(c1ccc(F)cc1)S(=O)(=O)c1ccc(OCC)cc1. The smallest absolute Gasteiger partial charge is 0.264 e. The zero-order chi connectivity index (χ0) is 32.4. The van der Waals surface area contributed by atoms with Crippen LogP contribution in [0.1, 0.15) is 25.0 Å². The van der Waals surface area contributed by atoms with Crippen molar-refractivity contribution < 1.29 is 27.1 Å². The highest BCUT2D eigenvalue weighted by Gasteiger charge is 2.34. The molecule has 0 aliphatic rings. The van der Waals surface area contributed by atoms with Gasteiger partial charge >= 0.3 is 0 Å². The summed E-state index contributed by atoms with van der Waals surface area (Å²) < 4.78 is 49.3. The number of amides is 2. The van der Waals surface area contributed by atoms with E-state index >= 15 is 0 Å². The monoisotopic (exact) mass is 695 g/mol. The number of sulfonamides is 1. The van der Waals surface area contributed by atoms with Crippen molar-refractivity contribution in [3.63, 3.8) is 0 Å². The van der Waals surface area contributed by atoms with E-state index < -0.39 is 34.3 Å². The molecule has 4 rings (SSSR count). The van der Waals surface area contributed by atoms with Gasteiger partial charge in [-0.3, -0.25) is 13.9 Å². The summed E-state index contributed by atoms with van der Waals surface area (Å²) in [6.07, 6.45) is 0.203. The Kier molecular flexibility index (Phi) is 11.7. The summed E-state index contributed by atoms with van der Waals surface area (Å²) in [6, 6.07) is 26.4. The number of rotatable bonds is 14. The van der Waals surface area contributed by atoms with Crippen molar-refractivity contribution in [1.29, 1.82) is 0 Å². The molecule has 0 radical (unpaired) electrons. The van der Waals surface area contributed by atoms with Gasteiger partial charge in [0.15, 0.2) is 0 Å². The normalized spacial score (nSPS) is 11.8. The lowest BCUT2D eigenvalue weighted by molar-refractivity contribution is -0.140. The average Bonchev–Trinajstić information content (AvgIpc) is 3.03. The number of anilines is 1. The molecule has 2 amide bonds. The maximum absolute atomic E-state index is 14.4. The van der Waals surface area contributed by atoms with Gasteiger partial charge in [-0.15, -0.1) is 0 Å². The minimum atomic E-state index is -4.32. The van der Waals surface area contributed by atoms with E-state index in [-0.39, 0.29) is 29.5 Å². The summed E-state index contributed by atoms with van der Waals surface area (Å²) in [7, 11) is -4.32. The second kappa shape index (κ2) is 15.7. The summed E-state index contributed by atoms with van der Waals surface area (Å²) in [6.45, 7) is 3.76. The molecule has 0 aliphatic carbocycles. The number of ether oxygens (including phenoxy) is 1. The molecular formula is C34H35BrFN3O5S. The van der Waals surface area contributed by atoms with E-state index in [1.165, 1.54) is 41.3 Å². The molecule has 0 aromatic heterocycles. The Labute approximate surface area is 272 Å². The molecule has 0 saturated carbocycles. The quantitative estimate of drug-likeness (QED) is 0.176. The minimum absolute atomic E-state index is 0.0350. The number of carbonyl (C=O) groups is 2. The van der Waals surface area contributed by atoms with Gasteiger partial charge in [-0.05, 0) is 85.6 Å². The summed E-state index contributed by atoms with van der Waals surface area (Å²) in [5, 5.41) is 2.83. The predicted molar refractivity (Wildman–Crippen MR) is 176 cm³/mol. The number of carbonyl (C=O) groups excluding carboxylic acids is 2. The first-order chi connectivity index (χ1) is 21.6. The molecule has 0 spiro atoms. The third kappa shape index (κ3) is 8.92. The Morgan fingerprint density at radius 2 is 1.56 bits per heavy atom. The van der Waals surface area contributed by atoms with Crippen LogP contribution in [0.15, 0.2) is 112 Å². The fraction of sp³-hybridized carbons (Fsp3) is 0.235. The van der Waals surface area contributed by atoms with Crippen LogP contribution in [-0.2, 0) is 32.6 Å². The van der Waals surface area contributed by atoms with Crippen molar-refractivity contribution in [3.05, 3.63) is 125 Å². The van der Waals surface area contributed by atoms with E-state index in [2.05, 4.69) is 21.2 Å². The molecule has 0 bridgehead atoms. The summed E-state index contributed by atoms with van der Waals surface area (Å²) in [5.41, 5.74) is 1.67. The zero-order valence-corrected chi connectivity index (χ0v) is 27.4. The van der Waals surface area contributed by atoms with E-state index in [4.69, 9.17) is 4.74 Å². The van der Waals surface area contributed by atoms with Crippen LogP contribution in [-0.4, -0.2) is 50.9 Å². The molecule has 0 heterocycles. The Bertz CT molecular complexity index is 1690. The van der Waals surface area contributed by atoms with Crippen LogP contribution < -0.4 is 14.4 Å². The largest absolute Gasteiger partial charge is 0.494 e. The third-order valence-corrected chi connectivity index (χ3v) is 9.26. The molecule has 0 unspecified atom stereocenters. The number of nitrogens with zero attached hydrogens (tertiary/aromatic N) is 2. The number of nitrogens with one attached hydrogen (secondary N) is 1. The van der Waals surface area contributed by atoms with E-state index in [0.717, 1.165) is 32.0 Å². The van der Waals surface area contributed by atoms with Crippen LogP contribution in [0.4, 0.5) is 10.1 Å². The summed E-state index contributed by atoms with van der Waals surface area (Å²) >= 11 is 3.47. The number of hydrogen-bond donors (Lipinski definition) is 1. The fourth-order valence-corrected chi connectivity index (χ4v) is 6.68. The molecular weight excluding hydrogens is 661 g/mol. The van der Waals surface area contributed by atoms with Crippen LogP contribution in [0.25, 0.3) is 0 Å². The molecule has 236 valence electrons. The van der Waals surface area contributed by atoms with Crippen molar-refractivity contribution in [2.45, 2.75) is 37.8 Å². The van der Waals surface area contributed by atoms with Gasteiger partial charge in [-0.1, -0.05) is 58.4 Å². The first-order valence-electron chi connectivity index (χ1n) is 14.5. The van der Waals surface area contributed by atoms with Gasteiger partial charge < -0.3 is 15.0 Å². The minimum Gasteiger partial charge on any atom is -0.494 e. The van der Waals surface area contributed by atoms with Gasteiger partial charge in [0.05, 0.1) is 17.2 Å². The molecule has 11 heteroatoms. The number of likely N-dealkylation sites (N-methyl/N-ethyl adjacent to an activating group) is 1. The standard InChI is InChI=1S/C34H35BrFN3O5S/c1-3-37-34(41)32(22-25-9-6-5-7-10-25)38(23-26-11-8-12-27(35)21-26)33(40)24-39(29-15-13-28(36)14-16-29)45(42,43)31-19-17-30(18-20-31)44-4-2/h5-21,32H,3-4,22-24H2,1-2H3,(H,37,41)/t32-/m0/s1. The Morgan fingerprint density at radius 3 is 2.18 bits per heavy atom. The van der Waals surface area contributed by atoms with Crippen molar-refractivity contribution in [3.8, 4) is 5.75 Å². The summed E-state index contributed by atoms with van der Waals surface area (Å²) in [4.78, 5) is 29.3. The second-order valence-electron chi connectivity index (χ2n) is 10.1. The van der Waals surface area contributed by atoms with Crippen LogP contribution >= 0.6 is 15.9 Å². The first kappa shape index (κ1) is 33.7. The number of benzene rings is 4. The van der Waals surface area contributed by atoms with Crippen molar-refractivity contribution in [2.75, 3.05) is 24.0 Å². The van der Waals surface area contributed by atoms with Crippen LogP contribution in [0, 0.1) is 5.82 Å². The number of hydrogen-bond acceptors (Lipinski definition) is 5. The lowest BCUT2D eigenvalue weighted by atomic mass is 10.0. The molecule has 1 N–H and O–H groups in total. The highest BCUT2D eigenvalue weighted by atomic mass is 79.9. The molecule has 45 heavy (non-hydrogen) atoms. The van der Waals surface area contributed by atoms with Gasteiger partial charge in [0.2, 0.25) is 11.8 Å². The Hall–Kier alpha value is -4.22. The number of halogens is 2. The van der Waals surface area contributed by atoms with Gasteiger partial charge in [-0.25, -0.2) is 12.8 Å². The molecule has 4 aromatic rings. The lowest BCUT2D eigenvalue weighted by Gasteiger charge is -2.34. The van der Waals surface area contributed by atoms with E-state index in [9.17, 15) is 22.4 Å². The van der Waals surface area contributed by atoms with Gasteiger partial charge in [-0.2, -0.15) is 0 Å². The summed E-state index contributed by atoms with van der Waals surface area (Å²) in [5.74, 6) is -1.04. The Morgan fingerprint density at radius 1 is 0.889 bits per heavy atom. The third-order valence-electron chi connectivity index (χ3n) is 6.98. The highest BCUT2D eigenvalue weighted by molar-refractivity contribution is 9.10. The molecule has 0 saturated heterocycles. The maximum atomic E-state index is 14.4. The molecule has 4 aromatic carbocycles. The fourth-order valence-electron chi connectivity index (χ4n) is 4.82. The van der Waals surface area contributed by atoms with Crippen LogP contribution in [0.2, 0.25) is 0 Å². The predicted octanol–water partition coefficient (Wildman–Crippen LogP) is 5.96. The second-order valence-corrected chi connectivity index (χ2v) is 12.9. The van der Waals surface area contributed by atoms with Gasteiger partial charge in [0, 0.05) is 24.0 Å². The van der Waals surface area contributed by atoms with Gasteiger partial charge in [0.1, 0.15) is 24.2 Å².